The number of carbonyl (C=O) groups excluding carboxylic acids is 1. The molecule has 7 nitrogen and oxygen atoms in total. The summed E-state index contributed by atoms with van der Waals surface area (Å²) in [6, 6.07) is -2.24. The molecule has 0 aromatic rings. The molecule has 2 aliphatic rings. The predicted molar refractivity (Wildman–Crippen MR) is 82.5 cm³/mol. The van der Waals surface area contributed by atoms with Crippen molar-refractivity contribution in [2.24, 2.45) is 28.9 Å². The van der Waals surface area contributed by atoms with Crippen LogP contribution >= 0.6 is 0 Å². The van der Waals surface area contributed by atoms with Crippen molar-refractivity contribution in [3.8, 4) is 0 Å². The van der Waals surface area contributed by atoms with Gasteiger partial charge in [0.25, 0.3) is 0 Å². The number of amides is 1. The van der Waals surface area contributed by atoms with E-state index in [1.807, 2.05) is 0 Å². The monoisotopic (exact) mass is 326 g/mol. The first-order chi connectivity index (χ1) is 10.6. The van der Waals surface area contributed by atoms with E-state index in [1.165, 1.54) is 6.42 Å². The Hall–Kier alpha value is -1.63. The van der Waals surface area contributed by atoms with Gasteiger partial charge in [-0.25, -0.2) is 4.79 Å². The van der Waals surface area contributed by atoms with Gasteiger partial charge in [-0.3, -0.25) is 9.59 Å². The van der Waals surface area contributed by atoms with Gasteiger partial charge in [-0.15, -0.1) is 0 Å². The summed E-state index contributed by atoms with van der Waals surface area (Å²) in [4.78, 5) is 33.9. The zero-order valence-electron chi connectivity index (χ0n) is 13.6. The third kappa shape index (κ3) is 3.65. The van der Waals surface area contributed by atoms with E-state index in [9.17, 15) is 19.5 Å². The van der Waals surface area contributed by atoms with Crippen LogP contribution in [0.25, 0.3) is 0 Å². The van der Waals surface area contributed by atoms with Crippen molar-refractivity contribution in [3.63, 3.8) is 0 Å². The number of rotatable bonds is 7. The zero-order valence-corrected chi connectivity index (χ0v) is 13.6. The van der Waals surface area contributed by atoms with Crippen molar-refractivity contribution in [1.82, 2.24) is 5.32 Å². The van der Waals surface area contributed by atoms with Crippen LogP contribution in [0.15, 0.2) is 0 Å². The van der Waals surface area contributed by atoms with Gasteiger partial charge in [-0.05, 0) is 48.9 Å². The molecule has 0 aromatic heterocycles. The number of nitrogens with one attached hydrogen (secondary N) is 1. The molecule has 1 amide bonds. The zero-order chi connectivity index (χ0) is 17.4. The summed E-state index contributed by atoms with van der Waals surface area (Å²) in [7, 11) is 0. The summed E-state index contributed by atoms with van der Waals surface area (Å²) in [6.07, 6.45) is 3.17. The molecule has 0 aromatic carbocycles. The van der Waals surface area contributed by atoms with E-state index >= 15 is 0 Å². The van der Waals surface area contributed by atoms with Crippen LogP contribution in [0.2, 0.25) is 0 Å². The van der Waals surface area contributed by atoms with Gasteiger partial charge in [0.15, 0.2) is 0 Å². The molecule has 0 heterocycles. The lowest BCUT2D eigenvalue weighted by molar-refractivity contribution is -0.143. The fraction of sp³-hybridized carbons (Fsp3) is 0.812. The number of hydrogen-bond donors (Lipinski definition) is 4. The maximum absolute atomic E-state index is 11.9. The van der Waals surface area contributed by atoms with Crippen LogP contribution in [0.3, 0.4) is 0 Å². The van der Waals surface area contributed by atoms with Gasteiger partial charge in [0.05, 0.1) is 12.5 Å². The fourth-order valence-electron chi connectivity index (χ4n) is 4.57. The van der Waals surface area contributed by atoms with Crippen molar-refractivity contribution in [2.45, 2.75) is 58.0 Å². The highest BCUT2D eigenvalue weighted by molar-refractivity contribution is 5.89. The third-order valence-corrected chi connectivity index (χ3v) is 5.87. The molecule has 2 fully saturated rings. The maximum atomic E-state index is 11.9. The first kappa shape index (κ1) is 17.7. The second-order valence-corrected chi connectivity index (χ2v) is 7.54. The highest BCUT2D eigenvalue weighted by Crippen LogP contribution is 2.61. The van der Waals surface area contributed by atoms with Crippen molar-refractivity contribution < 1.29 is 24.6 Å². The Morgan fingerprint density at radius 3 is 2.35 bits per heavy atom. The largest absolute Gasteiger partial charge is 0.481 e. The number of aliphatic carboxylic acids is 2. The number of carboxylic acids is 2. The van der Waals surface area contributed by atoms with Crippen LogP contribution in [0.4, 0.5) is 0 Å². The second kappa shape index (κ2) is 6.47. The Balaban J connectivity index is 1.96. The van der Waals surface area contributed by atoms with E-state index < -0.39 is 36.4 Å². The minimum Gasteiger partial charge on any atom is -0.481 e. The van der Waals surface area contributed by atoms with Gasteiger partial charge < -0.3 is 21.3 Å². The van der Waals surface area contributed by atoms with Crippen LogP contribution < -0.4 is 11.1 Å². The first-order valence-corrected chi connectivity index (χ1v) is 8.13. The van der Waals surface area contributed by atoms with E-state index in [0.717, 1.165) is 12.8 Å². The van der Waals surface area contributed by atoms with Gasteiger partial charge in [0, 0.05) is 0 Å². The summed E-state index contributed by atoms with van der Waals surface area (Å²) in [6.45, 7) is 4.49. The summed E-state index contributed by atoms with van der Waals surface area (Å²) in [5.41, 5.74) is 5.73. The van der Waals surface area contributed by atoms with E-state index in [2.05, 4.69) is 19.2 Å². The van der Waals surface area contributed by atoms with Gasteiger partial charge >= 0.3 is 11.9 Å². The van der Waals surface area contributed by atoms with Crippen LogP contribution in [0.5, 0.6) is 0 Å². The Kier molecular flexibility index (Phi) is 4.98. The Labute approximate surface area is 135 Å². The lowest BCUT2D eigenvalue weighted by Crippen LogP contribution is -2.50. The fourth-order valence-corrected chi connectivity index (χ4v) is 4.57. The topological polar surface area (TPSA) is 130 Å². The molecule has 5 atom stereocenters. The normalized spacial score (nSPS) is 30.7. The molecule has 0 saturated heterocycles. The van der Waals surface area contributed by atoms with Crippen molar-refractivity contribution in [2.75, 3.05) is 0 Å². The van der Waals surface area contributed by atoms with Crippen LogP contribution in [0, 0.1) is 23.2 Å². The molecule has 0 radical (unpaired) electrons. The second-order valence-electron chi connectivity index (χ2n) is 7.54. The van der Waals surface area contributed by atoms with E-state index in [4.69, 9.17) is 10.8 Å². The van der Waals surface area contributed by atoms with Crippen LogP contribution in [-0.2, 0) is 14.4 Å². The molecule has 3 unspecified atom stereocenters. The summed E-state index contributed by atoms with van der Waals surface area (Å²) in [5, 5.41) is 20.4. The minimum absolute atomic E-state index is 0.234. The van der Waals surface area contributed by atoms with Crippen molar-refractivity contribution in [1.29, 1.82) is 0 Å². The van der Waals surface area contributed by atoms with Gasteiger partial charge in [0.1, 0.15) is 6.04 Å². The molecule has 0 spiro atoms. The highest BCUT2D eigenvalue weighted by atomic mass is 16.4. The van der Waals surface area contributed by atoms with Crippen molar-refractivity contribution in [3.05, 3.63) is 0 Å². The molecule has 2 bridgehead atoms. The summed E-state index contributed by atoms with van der Waals surface area (Å²) >= 11 is 0. The number of hydrogen-bond acceptors (Lipinski definition) is 4. The average molecular weight is 326 g/mol. The summed E-state index contributed by atoms with van der Waals surface area (Å²) < 4.78 is 0. The van der Waals surface area contributed by atoms with Crippen LogP contribution in [0.1, 0.15) is 46.0 Å². The van der Waals surface area contributed by atoms with Gasteiger partial charge in [0.2, 0.25) is 5.91 Å². The quantitative estimate of drug-likeness (QED) is 0.548. The molecule has 7 heteroatoms. The third-order valence-electron chi connectivity index (χ3n) is 5.87. The van der Waals surface area contributed by atoms with E-state index in [1.54, 1.807) is 0 Å². The molecule has 130 valence electrons. The predicted octanol–water partition coefficient (Wildman–Crippen LogP) is 0.820. The molecule has 23 heavy (non-hydrogen) atoms. The maximum Gasteiger partial charge on any atom is 0.326 e. The van der Waals surface area contributed by atoms with Crippen molar-refractivity contribution >= 4 is 17.8 Å². The number of carbonyl (C=O) groups is 3. The molecule has 5 N–H and O–H groups in total. The Morgan fingerprint density at radius 1 is 1.26 bits per heavy atom. The smallest absolute Gasteiger partial charge is 0.326 e. The molecule has 2 rings (SSSR count). The highest BCUT2D eigenvalue weighted by Gasteiger charge is 2.53. The van der Waals surface area contributed by atoms with Gasteiger partial charge in [-0.2, -0.15) is 0 Å². The number of fused-ring (bicyclic) bond motifs is 2. The van der Waals surface area contributed by atoms with E-state index in [0.29, 0.717) is 18.3 Å². The SMILES string of the molecule is CC1(C)C2CCC1C(C[C@H](NC(=O)[C@@H](N)CC(=O)O)C(=O)O)C2. The van der Waals surface area contributed by atoms with Crippen LogP contribution in [-0.4, -0.2) is 40.1 Å². The Bertz CT molecular complexity index is 505. The lowest BCUT2D eigenvalue weighted by Gasteiger charge is -2.28. The van der Waals surface area contributed by atoms with Gasteiger partial charge in [-0.1, -0.05) is 13.8 Å². The molecular weight excluding hydrogens is 300 g/mol. The molecule has 0 aliphatic heterocycles. The average Bonchev–Trinajstić information content (AvgIpc) is 2.84. The first-order valence-electron chi connectivity index (χ1n) is 8.13. The summed E-state index contributed by atoms with van der Waals surface area (Å²) in [5.74, 6) is -1.62. The Morgan fingerprint density at radius 2 is 1.91 bits per heavy atom. The standard InChI is InChI=1S/C16H26N2O5/c1-16(2)9-3-4-10(16)8(5-9)6-12(15(22)23)18-14(21)11(17)7-13(19)20/h8-12H,3-7,17H2,1-2H3,(H,18,21)(H,19,20)(H,22,23)/t8?,9?,10?,11-,12-/m0/s1. The molecular formula is C16H26N2O5. The number of nitrogens with two attached hydrogens (primary N) is 1. The molecule has 2 aliphatic carbocycles. The van der Waals surface area contributed by atoms with E-state index in [-0.39, 0.29) is 11.3 Å². The lowest BCUT2D eigenvalue weighted by atomic mass is 9.78. The number of carboxylic acid groups (broad SMARTS) is 2. The molecule has 2 saturated carbocycles. The minimum atomic E-state index is -1.23.